The Morgan fingerprint density at radius 1 is 1.35 bits per heavy atom. The Labute approximate surface area is 105 Å². The van der Waals surface area contributed by atoms with E-state index in [9.17, 15) is 0 Å². The van der Waals surface area contributed by atoms with Crippen LogP contribution in [0, 0.1) is 0 Å². The largest absolute Gasteiger partial charge is 0.490 e. The van der Waals surface area contributed by atoms with E-state index in [2.05, 4.69) is 31.1 Å². The summed E-state index contributed by atoms with van der Waals surface area (Å²) in [4.78, 5) is 4.16. The molecule has 3 nitrogen and oxygen atoms in total. The van der Waals surface area contributed by atoms with Gasteiger partial charge in [0.1, 0.15) is 5.75 Å². The second kappa shape index (κ2) is 8.07. The van der Waals surface area contributed by atoms with Gasteiger partial charge in [0.15, 0.2) is 0 Å². The zero-order valence-electron chi connectivity index (χ0n) is 11.2. The fourth-order valence-electron chi connectivity index (χ4n) is 1.74. The maximum Gasteiger partial charge on any atom is 0.127 e. The summed E-state index contributed by atoms with van der Waals surface area (Å²) in [5.41, 5.74) is 1.14. The summed E-state index contributed by atoms with van der Waals surface area (Å²) in [5.74, 6) is 0.963. The molecule has 0 aromatic carbocycles. The summed E-state index contributed by atoms with van der Waals surface area (Å²) >= 11 is 0. The average Bonchev–Trinajstić information content (AvgIpc) is 2.32. The maximum atomic E-state index is 5.94. The Kier molecular flexibility index (Phi) is 6.63. The van der Waals surface area contributed by atoms with Crippen LogP contribution in [-0.4, -0.2) is 17.6 Å². The van der Waals surface area contributed by atoms with Crippen LogP contribution in [0.5, 0.6) is 5.75 Å². The molecule has 0 fully saturated rings. The summed E-state index contributed by atoms with van der Waals surface area (Å²) in [6.45, 7) is 8.31. The lowest BCUT2D eigenvalue weighted by atomic mass is 10.2. The highest BCUT2D eigenvalue weighted by molar-refractivity contribution is 5.30. The lowest BCUT2D eigenvalue weighted by Crippen LogP contribution is -2.17. The monoisotopic (exact) mass is 236 g/mol. The summed E-state index contributed by atoms with van der Waals surface area (Å²) < 4.78 is 5.94. The second-order valence-electron chi connectivity index (χ2n) is 4.38. The quantitative estimate of drug-likeness (QED) is 0.704. The number of hydrogen-bond donors (Lipinski definition) is 1. The highest BCUT2D eigenvalue weighted by Crippen LogP contribution is 2.19. The van der Waals surface area contributed by atoms with Crippen molar-refractivity contribution in [3.8, 4) is 5.75 Å². The minimum absolute atomic E-state index is 0.271. The molecule has 1 aromatic heterocycles. The van der Waals surface area contributed by atoms with Crippen molar-refractivity contribution in [3.05, 3.63) is 24.0 Å². The van der Waals surface area contributed by atoms with Gasteiger partial charge in [0.05, 0.1) is 6.10 Å². The number of aromatic nitrogens is 1. The molecule has 96 valence electrons. The molecule has 17 heavy (non-hydrogen) atoms. The molecule has 3 heteroatoms. The predicted octanol–water partition coefficient (Wildman–Crippen LogP) is 3.15. The average molecular weight is 236 g/mol. The van der Waals surface area contributed by atoms with Crippen LogP contribution in [-0.2, 0) is 6.54 Å². The van der Waals surface area contributed by atoms with Gasteiger partial charge in [-0.2, -0.15) is 0 Å². The Bertz CT molecular complexity index is 315. The first-order valence-corrected chi connectivity index (χ1v) is 6.58. The number of ether oxygens (including phenoxy) is 1. The van der Waals surface area contributed by atoms with E-state index in [0.717, 1.165) is 43.7 Å². The van der Waals surface area contributed by atoms with Crippen molar-refractivity contribution in [2.24, 2.45) is 0 Å². The molecule has 0 spiro atoms. The predicted molar refractivity (Wildman–Crippen MR) is 71.2 cm³/mol. The highest BCUT2D eigenvalue weighted by atomic mass is 16.5. The van der Waals surface area contributed by atoms with Crippen molar-refractivity contribution in [2.45, 2.75) is 52.7 Å². The van der Waals surface area contributed by atoms with Crippen LogP contribution < -0.4 is 10.1 Å². The van der Waals surface area contributed by atoms with Crippen LogP contribution >= 0.6 is 0 Å². The fourth-order valence-corrected chi connectivity index (χ4v) is 1.74. The van der Waals surface area contributed by atoms with Gasteiger partial charge in [0, 0.05) is 24.5 Å². The molecular formula is C14H24N2O. The lowest BCUT2D eigenvalue weighted by molar-refractivity contribution is 0.207. The van der Waals surface area contributed by atoms with Gasteiger partial charge in [-0.15, -0.1) is 0 Å². The number of nitrogens with zero attached hydrogens (tertiary/aromatic N) is 1. The third-order valence-electron chi connectivity index (χ3n) is 2.62. The molecule has 1 aromatic rings. The summed E-state index contributed by atoms with van der Waals surface area (Å²) in [7, 11) is 0. The van der Waals surface area contributed by atoms with Crippen LogP contribution in [0.1, 0.15) is 45.6 Å². The standard InChI is InChI=1S/C14H24N2O/c1-4-6-12(3)17-14-7-9-16-11-13(14)10-15-8-5-2/h7,9,11-12,15H,4-6,8,10H2,1-3H3. The van der Waals surface area contributed by atoms with Gasteiger partial charge in [-0.3, -0.25) is 4.98 Å². The second-order valence-corrected chi connectivity index (χ2v) is 4.38. The van der Waals surface area contributed by atoms with Crippen molar-refractivity contribution >= 4 is 0 Å². The van der Waals surface area contributed by atoms with E-state index in [1.54, 1.807) is 6.20 Å². The number of nitrogens with one attached hydrogen (secondary N) is 1. The van der Waals surface area contributed by atoms with Crippen LogP contribution in [0.2, 0.25) is 0 Å². The van der Waals surface area contributed by atoms with Crippen molar-refractivity contribution < 1.29 is 4.74 Å². The van der Waals surface area contributed by atoms with Crippen LogP contribution in [0.3, 0.4) is 0 Å². The molecule has 0 radical (unpaired) electrons. The van der Waals surface area contributed by atoms with Gasteiger partial charge in [-0.25, -0.2) is 0 Å². The zero-order chi connectivity index (χ0) is 12.5. The molecule has 0 aliphatic rings. The molecule has 0 aliphatic carbocycles. The first kappa shape index (κ1) is 14.0. The molecule has 0 aliphatic heterocycles. The molecule has 1 unspecified atom stereocenters. The van der Waals surface area contributed by atoms with Crippen molar-refractivity contribution in [3.63, 3.8) is 0 Å². The summed E-state index contributed by atoms with van der Waals surface area (Å²) in [5, 5.41) is 3.38. The van der Waals surface area contributed by atoms with Gasteiger partial charge in [-0.05, 0) is 32.4 Å². The molecule has 0 amide bonds. The molecule has 0 saturated heterocycles. The van der Waals surface area contributed by atoms with Gasteiger partial charge >= 0.3 is 0 Å². The van der Waals surface area contributed by atoms with E-state index >= 15 is 0 Å². The van der Waals surface area contributed by atoms with E-state index in [4.69, 9.17) is 4.74 Å². The Morgan fingerprint density at radius 2 is 2.18 bits per heavy atom. The fraction of sp³-hybridized carbons (Fsp3) is 0.643. The molecule has 0 saturated carbocycles. The number of hydrogen-bond acceptors (Lipinski definition) is 3. The van der Waals surface area contributed by atoms with Gasteiger partial charge in [0.2, 0.25) is 0 Å². The topological polar surface area (TPSA) is 34.2 Å². The normalized spacial score (nSPS) is 12.4. The number of pyridine rings is 1. The molecule has 1 heterocycles. The Balaban J connectivity index is 2.57. The van der Waals surface area contributed by atoms with Crippen molar-refractivity contribution in [2.75, 3.05) is 6.54 Å². The first-order chi connectivity index (χ1) is 8.27. The molecule has 0 bridgehead atoms. The SMILES string of the molecule is CCCNCc1cnccc1OC(C)CCC. The van der Waals surface area contributed by atoms with Crippen molar-refractivity contribution in [1.82, 2.24) is 10.3 Å². The van der Waals surface area contributed by atoms with Gasteiger partial charge in [-0.1, -0.05) is 20.3 Å². The Hall–Kier alpha value is -1.09. The van der Waals surface area contributed by atoms with E-state index in [-0.39, 0.29) is 6.10 Å². The zero-order valence-corrected chi connectivity index (χ0v) is 11.2. The third-order valence-corrected chi connectivity index (χ3v) is 2.62. The Morgan fingerprint density at radius 3 is 2.88 bits per heavy atom. The van der Waals surface area contributed by atoms with E-state index in [1.807, 2.05) is 12.3 Å². The number of rotatable bonds is 8. The molecule has 1 atom stereocenters. The van der Waals surface area contributed by atoms with Crippen LogP contribution in [0.4, 0.5) is 0 Å². The molecule has 1 rings (SSSR count). The molecular weight excluding hydrogens is 212 g/mol. The summed E-state index contributed by atoms with van der Waals surface area (Å²) in [6.07, 6.45) is 7.32. The minimum atomic E-state index is 0.271. The lowest BCUT2D eigenvalue weighted by Gasteiger charge is -2.16. The third kappa shape index (κ3) is 5.18. The summed E-state index contributed by atoms with van der Waals surface area (Å²) in [6, 6.07) is 1.95. The smallest absolute Gasteiger partial charge is 0.127 e. The minimum Gasteiger partial charge on any atom is -0.490 e. The maximum absolute atomic E-state index is 5.94. The van der Waals surface area contributed by atoms with Crippen molar-refractivity contribution in [1.29, 1.82) is 0 Å². The van der Waals surface area contributed by atoms with Gasteiger partial charge < -0.3 is 10.1 Å². The van der Waals surface area contributed by atoms with E-state index in [1.165, 1.54) is 0 Å². The van der Waals surface area contributed by atoms with Crippen LogP contribution in [0.15, 0.2) is 18.5 Å². The van der Waals surface area contributed by atoms with E-state index < -0.39 is 0 Å². The molecule has 1 N–H and O–H groups in total. The van der Waals surface area contributed by atoms with Gasteiger partial charge in [0.25, 0.3) is 0 Å². The van der Waals surface area contributed by atoms with Crippen LogP contribution in [0.25, 0.3) is 0 Å². The highest BCUT2D eigenvalue weighted by Gasteiger charge is 2.07. The van der Waals surface area contributed by atoms with E-state index in [0.29, 0.717) is 0 Å². The first-order valence-electron chi connectivity index (χ1n) is 6.58.